The molecule has 0 radical (unpaired) electrons. The molecule has 0 bridgehead atoms. The molecule has 0 aromatic heterocycles. The second-order valence-corrected chi connectivity index (χ2v) is 26.6. The minimum atomic E-state index is -1.42. The lowest BCUT2D eigenvalue weighted by Crippen LogP contribution is -2.61. The Morgan fingerprint density at radius 1 is 0.394 bits per heavy atom. The van der Waals surface area contributed by atoms with Crippen molar-refractivity contribution in [2.75, 3.05) is 26.2 Å². The van der Waals surface area contributed by atoms with E-state index in [0.717, 1.165) is 0 Å². The van der Waals surface area contributed by atoms with Gasteiger partial charge in [0.2, 0.25) is 65.0 Å². The van der Waals surface area contributed by atoms with E-state index in [1.807, 2.05) is 27.7 Å². The molecule has 11 atom stereocenters. The van der Waals surface area contributed by atoms with Crippen LogP contribution >= 0.6 is 0 Å². The fourth-order valence-electron chi connectivity index (χ4n) is 12.2. The van der Waals surface area contributed by atoms with Gasteiger partial charge in [0, 0.05) is 32.4 Å². The average molecular weight is 1300 g/mol. The van der Waals surface area contributed by atoms with Gasteiger partial charge in [0.05, 0.1) is 0 Å². The average Bonchev–Trinajstić information content (AvgIpc) is 1.59. The number of carbonyl (C=O) groups is 11. The molecule has 25 heteroatoms. The van der Waals surface area contributed by atoms with Crippen molar-refractivity contribution in [2.45, 2.75) is 205 Å². The van der Waals surface area contributed by atoms with Crippen molar-refractivity contribution in [3.8, 4) is 5.75 Å². The molecule has 3 heterocycles. The van der Waals surface area contributed by atoms with E-state index in [2.05, 4.69) is 47.9 Å². The molecule has 3 saturated heterocycles. The van der Waals surface area contributed by atoms with Crippen LogP contribution in [0.25, 0.3) is 0 Å². The smallest absolute Gasteiger partial charge is 0.246 e. The lowest BCUT2D eigenvalue weighted by atomic mass is 9.98. The van der Waals surface area contributed by atoms with E-state index in [0.29, 0.717) is 29.5 Å². The van der Waals surface area contributed by atoms with Crippen LogP contribution in [0.1, 0.15) is 136 Å². The Hall–Kier alpha value is -8.45. The number of hydrogen-bond acceptors (Lipinski definition) is 14. The van der Waals surface area contributed by atoms with Gasteiger partial charge in [0.1, 0.15) is 72.2 Å². The molecule has 25 nitrogen and oxygen atoms in total. The highest BCUT2D eigenvalue weighted by Gasteiger charge is 2.44. The second kappa shape index (κ2) is 36.3. The van der Waals surface area contributed by atoms with Gasteiger partial charge in [0.15, 0.2) is 0 Å². The summed E-state index contributed by atoms with van der Waals surface area (Å²) in [7, 11) is 0. The fraction of sp³-hybridized carbons (Fsp3) is 0.580. The minimum Gasteiger partial charge on any atom is -0.508 e. The number of fused-ring (bicyclic) bond motifs is 2. The van der Waals surface area contributed by atoms with Crippen molar-refractivity contribution < 1.29 is 57.8 Å². The summed E-state index contributed by atoms with van der Waals surface area (Å²) in [6, 6.07) is 9.96. The molecule has 0 saturated carbocycles. The van der Waals surface area contributed by atoms with Crippen LogP contribution in [-0.4, -0.2) is 173 Å². The van der Waals surface area contributed by atoms with Gasteiger partial charge in [-0.15, -0.1) is 0 Å². The van der Waals surface area contributed by atoms with Crippen LogP contribution < -0.4 is 59.3 Å². The van der Waals surface area contributed by atoms with Crippen molar-refractivity contribution in [2.24, 2.45) is 35.1 Å². The van der Waals surface area contributed by atoms with E-state index in [1.165, 1.54) is 21.9 Å². The zero-order valence-corrected chi connectivity index (χ0v) is 55.8. The Labute approximate surface area is 552 Å². The molecule has 3 aliphatic heterocycles. The zero-order valence-electron chi connectivity index (χ0n) is 55.8. The molecule has 3 aromatic carbocycles. The molecule has 0 spiro atoms. The number of amides is 11. The van der Waals surface area contributed by atoms with Gasteiger partial charge in [-0.2, -0.15) is 0 Å². The predicted molar refractivity (Wildman–Crippen MR) is 354 cm³/mol. The molecule has 0 aliphatic carbocycles. The van der Waals surface area contributed by atoms with Crippen molar-refractivity contribution in [1.29, 1.82) is 0 Å². The number of nitrogens with one attached hydrogen (secondary N) is 9. The van der Waals surface area contributed by atoms with E-state index < -0.39 is 143 Å². The maximum atomic E-state index is 15.0. The predicted octanol–water partition coefficient (Wildman–Crippen LogP) is 1.66. The van der Waals surface area contributed by atoms with Gasteiger partial charge in [-0.05, 0) is 130 Å². The van der Waals surface area contributed by atoms with Gasteiger partial charge < -0.3 is 74.2 Å². The highest BCUT2D eigenvalue weighted by Crippen LogP contribution is 2.24. The summed E-state index contributed by atoms with van der Waals surface area (Å²) in [5.74, 6) is -9.30. The zero-order chi connectivity index (χ0) is 68.8. The quantitative estimate of drug-likeness (QED) is 0.0863. The van der Waals surface area contributed by atoms with Crippen LogP contribution in [0, 0.1) is 23.7 Å². The second-order valence-electron chi connectivity index (χ2n) is 26.6. The van der Waals surface area contributed by atoms with E-state index in [1.54, 1.807) is 100 Å². The summed E-state index contributed by atoms with van der Waals surface area (Å²) in [6.07, 6.45) is 1.80. The largest absolute Gasteiger partial charge is 0.508 e. The molecule has 0 unspecified atom stereocenters. The molecule has 11 amide bonds. The van der Waals surface area contributed by atoms with E-state index in [9.17, 15) is 53.1 Å². The Morgan fingerprint density at radius 3 is 1.17 bits per heavy atom. The van der Waals surface area contributed by atoms with E-state index in [4.69, 9.17) is 11.5 Å². The Morgan fingerprint density at radius 2 is 0.723 bits per heavy atom. The summed E-state index contributed by atoms with van der Waals surface area (Å²) in [5.41, 5.74) is 13.8. The van der Waals surface area contributed by atoms with E-state index >= 15 is 4.79 Å². The minimum absolute atomic E-state index is 0.00956. The number of phenolic OH excluding ortho intramolecular Hbond substituents is 1. The number of phenols is 1. The molecule has 514 valence electrons. The number of nitrogens with two attached hydrogens (primary N) is 2. The highest BCUT2D eigenvalue weighted by molar-refractivity contribution is 6.00. The Balaban J connectivity index is 1.43. The first kappa shape index (κ1) is 74.6. The number of nitrogens with zero attached hydrogens (tertiary/aromatic N) is 2. The summed E-state index contributed by atoms with van der Waals surface area (Å²) < 4.78 is 0. The summed E-state index contributed by atoms with van der Waals surface area (Å²) in [4.78, 5) is 165. The SMILES string of the molecule is CC(C)C[C@@H]1NC(=O)[C@H](CCCN)NC(=O)[C@H](C(C)C)NC(=O)[C@@H](Cc2ccc(O)cc2)NC(=O)[C@@H](Cc2ccccc2)NC(=O)[C@@H]2CCCN2C(=O)[C@H](CC(C)C)NC(=O)[C@H](CCCN)NC(=O)[C@H](C(C)C)NC(=O)[C@@H]2CCCN2C(=O)[C@@H](Cc2ccccc2)NC1=O. The van der Waals surface area contributed by atoms with Gasteiger partial charge in [-0.1, -0.05) is 128 Å². The van der Waals surface area contributed by atoms with Crippen molar-refractivity contribution in [3.05, 3.63) is 102 Å². The molecular formula is C69H101N13O12. The maximum absolute atomic E-state index is 15.0. The number of benzene rings is 3. The van der Waals surface area contributed by atoms with Gasteiger partial charge in [-0.25, -0.2) is 0 Å². The van der Waals surface area contributed by atoms with Crippen molar-refractivity contribution in [1.82, 2.24) is 57.7 Å². The molecule has 3 aliphatic rings. The van der Waals surface area contributed by atoms with Crippen LogP contribution in [0.15, 0.2) is 84.9 Å². The van der Waals surface area contributed by atoms with Crippen LogP contribution in [-0.2, 0) is 72.0 Å². The molecule has 6 rings (SSSR count). The van der Waals surface area contributed by atoms with Gasteiger partial charge in [0.25, 0.3) is 0 Å². The first-order valence-electron chi connectivity index (χ1n) is 33.4. The summed E-state index contributed by atoms with van der Waals surface area (Å²) in [6.45, 7) is 14.7. The maximum Gasteiger partial charge on any atom is 0.246 e. The molecule has 3 fully saturated rings. The lowest BCUT2D eigenvalue weighted by Gasteiger charge is -2.32. The van der Waals surface area contributed by atoms with Gasteiger partial charge in [-0.3, -0.25) is 52.7 Å². The molecule has 3 aromatic rings. The lowest BCUT2D eigenvalue weighted by molar-refractivity contribution is -0.143. The number of carbonyl (C=O) groups excluding carboxylic acids is 11. The van der Waals surface area contributed by atoms with Crippen LogP contribution in [0.2, 0.25) is 0 Å². The number of aromatic hydroxyl groups is 1. The standard InChI is InChI=1S/C69H101N13O12/c1-40(2)35-50-61(86)78-54(39-45-21-13-10-14-22-45)69(94)82-34-18-26-56(82)65(90)80-58(43(7)8)67(92)73-49(24-16-32-71)60(85)77-53(36-41(3)4)68(93)81-33-17-25-55(81)64(89)76-51(37-44-19-11-9-12-20-44)62(87)75-52(38-46-27-29-47(83)30-28-46)63(88)79-57(42(5)6)66(91)72-48(23-15-31-70)59(84)74-50/h9-14,19-22,27-30,40-43,48-58,83H,15-18,23-26,31-39,70-71H2,1-8H3,(H,72,91)(H,73,92)(H,74,84)(H,75,87)(H,76,89)(H,77,85)(H,78,86)(H,79,88)(H,80,90)/t48-,49-,50-,51+,52+,53-,54+,55-,56-,57-,58-/m0/s1. The summed E-state index contributed by atoms with van der Waals surface area (Å²) >= 11 is 0. The van der Waals surface area contributed by atoms with Crippen molar-refractivity contribution in [3.63, 3.8) is 0 Å². The van der Waals surface area contributed by atoms with Crippen molar-refractivity contribution >= 4 is 65.0 Å². The van der Waals surface area contributed by atoms with Crippen LogP contribution in [0.4, 0.5) is 0 Å². The van der Waals surface area contributed by atoms with Crippen LogP contribution in [0.5, 0.6) is 5.75 Å². The molecule has 14 N–H and O–H groups in total. The molecular weight excluding hydrogens is 1200 g/mol. The Kier molecular flexibility index (Phi) is 28.8. The van der Waals surface area contributed by atoms with Gasteiger partial charge >= 0.3 is 0 Å². The summed E-state index contributed by atoms with van der Waals surface area (Å²) in [5, 5.41) is 35.8. The molecule has 94 heavy (non-hydrogen) atoms. The first-order chi connectivity index (χ1) is 44.8. The normalized spacial score (nSPS) is 25.8. The topological polar surface area (TPSA) is 375 Å². The number of hydrogen-bond donors (Lipinski definition) is 12. The monoisotopic (exact) mass is 1300 g/mol. The fourth-order valence-corrected chi connectivity index (χ4v) is 12.2. The third-order valence-electron chi connectivity index (χ3n) is 17.3. The number of rotatable bonds is 18. The highest BCUT2D eigenvalue weighted by atomic mass is 16.3. The first-order valence-corrected chi connectivity index (χ1v) is 33.4. The van der Waals surface area contributed by atoms with E-state index in [-0.39, 0.29) is 114 Å². The van der Waals surface area contributed by atoms with Crippen LogP contribution in [0.3, 0.4) is 0 Å². The third-order valence-corrected chi connectivity index (χ3v) is 17.3. The third kappa shape index (κ3) is 21.8. The Bertz CT molecular complexity index is 3060.